The second-order valence-corrected chi connectivity index (χ2v) is 5.52. The second kappa shape index (κ2) is 5.81. The molecule has 1 aromatic carbocycles. The minimum Gasteiger partial charge on any atom is -0.489 e. The summed E-state index contributed by atoms with van der Waals surface area (Å²) < 4.78 is 5.82. The molecule has 1 aliphatic rings. The molecule has 20 heavy (non-hydrogen) atoms. The first kappa shape index (κ1) is 13.4. The highest BCUT2D eigenvalue weighted by Crippen LogP contribution is 2.31. The van der Waals surface area contributed by atoms with Crippen LogP contribution in [0.5, 0.6) is 5.75 Å². The number of hydrogen-bond acceptors (Lipinski definition) is 3. The van der Waals surface area contributed by atoms with Crippen molar-refractivity contribution in [2.45, 2.75) is 31.9 Å². The van der Waals surface area contributed by atoms with E-state index in [1.807, 2.05) is 12.1 Å². The number of nitrogens with zero attached hydrogens (tertiary/aromatic N) is 1. The molecule has 2 N–H and O–H groups in total. The molecule has 1 heterocycles. The van der Waals surface area contributed by atoms with Crippen molar-refractivity contribution in [1.29, 1.82) is 0 Å². The first-order chi connectivity index (χ1) is 9.74. The van der Waals surface area contributed by atoms with Gasteiger partial charge in [-0.05, 0) is 48.6 Å². The van der Waals surface area contributed by atoms with Crippen LogP contribution in [0.1, 0.15) is 35.6 Å². The van der Waals surface area contributed by atoms with E-state index in [4.69, 9.17) is 22.1 Å². The number of nitrogens with two attached hydrogens (primary N) is 1. The van der Waals surface area contributed by atoms with Crippen molar-refractivity contribution in [3.8, 4) is 5.75 Å². The summed E-state index contributed by atoms with van der Waals surface area (Å²) in [7, 11) is 0. The molecule has 1 atom stereocenters. The molecule has 3 rings (SSSR count). The number of halogens is 1. The van der Waals surface area contributed by atoms with E-state index in [0.717, 1.165) is 30.6 Å². The van der Waals surface area contributed by atoms with Crippen LogP contribution < -0.4 is 10.5 Å². The van der Waals surface area contributed by atoms with Gasteiger partial charge in [0, 0.05) is 24.0 Å². The smallest absolute Gasteiger partial charge is 0.120 e. The van der Waals surface area contributed by atoms with E-state index >= 15 is 0 Å². The molecule has 3 nitrogen and oxygen atoms in total. The van der Waals surface area contributed by atoms with E-state index in [1.54, 1.807) is 12.4 Å². The molecule has 0 spiro atoms. The lowest BCUT2D eigenvalue weighted by Gasteiger charge is -2.22. The number of rotatable bonds is 3. The van der Waals surface area contributed by atoms with Crippen molar-refractivity contribution in [1.82, 2.24) is 4.98 Å². The number of aromatic nitrogens is 1. The maximum absolute atomic E-state index is 6.12. The molecule has 1 aromatic heterocycles. The predicted molar refractivity (Wildman–Crippen MR) is 79.9 cm³/mol. The Morgan fingerprint density at radius 3 is 3.10 bits per heavy atom. The van der Waals surface area contributed by atoms with Crippen LogP contribution in [0.2, 0.25) is 5.02 Å². The van der Waals surface area contributed by atoms with E-state index in [2.05, 4.69) is 17.1 Å². The van der Waals surface area contributed by atoms with Crippen molar-refractivity contribution in [3.05, 3.63) is 58.4 Å². The third-order valence-corrected chi connectivity index (χ3v) is 4.07. The lowest BCUT2D eigenvalue weighted by Crippen LogP contribution is -2.17. The van der Waals surface area contributed by atoms with Crippen LogP contribution in [-0.2, 0) is 13.0 Å². The normalized spacial score (nSPS) is 17.6. The fourth-order valence-corrected chi connectivity index (χ4v) is 2.77. The van der Waals surface area contributed by atoms with Gasteiger partial charge in [0.15, 0.2) is 0 Å². The number of pyridine rings is 1. The molecule has 0 saturated carbocycles. The maximum Gasteiger partial charge on any atom is 0.120 e. The van der Waals surface area contributed by atoms with Crippen LogP contribution in [0.15, 0.2) is 36.7 Å². The SMILES string of the molecule is NC1CCCc2cc(OCc3ccncc3Cl)ccc21. The largest absolute Gasteiger partial charge is 0.489 e. The first-order valence-electron chi connectivity index (χ1n) is 6.83. The molecule has 0 amide bonds. The minimum atomic E-state index is 0.169. The Bertz CT molecular complexity index is 615. The number of fused-ring (bicyclic) bond motifs is 1. The maximum atomic E-state index is 6.12. The van der Waals surface area contributed by atoms with Gasteiger partial charge in [-0.3, -0.25) is 4.98 Å². The lowest BCUT2D eigenvalue weighted by atomic mass is 9.88. The predicted octanol–water partition coefficient (Wildman–Crippen LogP) is 3.65. The fraction of sp³-hybridized carbons (Fsp3) is 0.312. The average molecular weight is 289 g/mol. The quantitative estimate of drug-likeness (QED) is 0.938. The van der Waals surface area contributed by atoms with Gasteiger partial charge in [0.25, 0.3) is 0 Å². The third kappa shape index (κ3) is 2.79. The van der Waals surface area contributed by atoms with E-state index in [-0.39, 0.29) is 6.04 Å². The van der Waals surface area contributed by atoms with Gasteiger partial charge in [0.2, 0.25) is 0 Å². The zero-order chi connectivity index (χ0) is 13.9. The van der Waals surface area contributed by atoms with E-state index in [1.165, 1.54) is 11.1 Å². The highest BCUT2D eigenvalue weighted by molar-refractivity contribution is 6.31. The molecular formula is C16H17ClN2O. The van der Waals surface area contributed by atoms with E-state index < -0.39 is 0 Å². The van der Waals surface area contributed by atoms with Crippen LogP contribution in [0.3, 0.4) is 0 Å². The van der Waals surface area contributed by atoms with Crippen molar-refractivity contribution >= 4 is 11.6 Å². The number of ether oxygens (including phenoxy) is 1. The van der Waals surface area contributed by atoms with Crippen LogP contribution in [0.4, 0.5) is 0 Å². The Morgan fingerprint density at radius 2 is 2.25 bits per heavy atom. The van der Waals surface area contributed by atoms with Crippen molar-refractivity contribution in [2.75, 3.05) is 0 Å². The summed E-state index contributed by atoms with van der Waals surface area (Å²) in [6.45, 7) is 0.451. The average Bonchev–Trinajstić information content (AvgIpc) is 2.46. The van der Waals surface area contributed by atoms with Gasteiger partial charge >= 0.3 is 0 Å². The summed E-state index contributed by atoms with van der Waals surface area (Å²) in [6.07, 6.45) is 6.65. The minimum absolute atomic E-state index is 0.169. The van der Waals surface area contributed by atoms with Gasteiger partial charge in [-0.1, -0.05) is 17.7 Å². The molecule has 1 aliphatic carbocycles. The molecule has 104 valence electrons. The Hall–Kier alpha value is -1.58. The zero-order valence-electron chi connectivity index (χ0n) is 11.2. The highest BCUT2D eigenvalue weighted by atomic mass is 35.5. The van der Waals surface area contributed by atoms with Crippen LogP contribution in [0, 0.1) is 0 Å². The summed E-state index contributed by atoms with van der Waals surface area (Å²) in [4.78, 5) is 3.96. The summed E-state index contributed by atoms with van der Waals surface area (Å²) in [5.74, 6) is 0.866. The lowest BCUT2D eigenvalue weighted by molar-refractivity contribution is 0.305. The molecule has 2 aromatic rings. The Morgan fingerprint density at radius 1 is 1.35 bits per heavy atom. The summed E-state index contributed by atoms with van der Waals surface area (Å²) in [5, 5.41) is 0.632. The zero-order valence-corrected chi connectivity index (χ0v) is 11.9. The third-order valence-electron chi connectivity index (χ3n) is 3.73. The van der Waals surface area contributed by atoms with E-state index in [0.29, 0.717) is 11.6 Å². The van der Waals surface area contributed by atoms with Gasteiger partial charge in [0.05, 0.1) is 5.02 Å². The Kier molecular flexibility index (Phi) is 3.90. The summed E-state index contributed by atoms with van der Waals surface area (Å²) in [6, 6.07) is 8.21. The van der Waals surface area contributed by atoms with Gasteiger partial charge in [0.1, 0.15) is 12.4 Å². The standard InChI is InChI=1S/C16H17ClN2O/c17-15-9-19-7-6-12(15)10-20-13-4-5-14-11(8-13)2-1-3-16(14)18/h4-9,16H,1-3,10,18H2. The Balaban J connectivity index is 1.74. The molecule has 0 fully saturated rings. The molecular weight excluding hydrogens is 272 g/mol. The number of benzene rings is 1. The molecule has 0 saturated heterocycles. The molecule has 0 radical (unpaired) electrons. The van der Waals surface area contributed by atoms with Gasteiger partial charge in [-0.15, -0.1) is 0 Å². The van der Waals surface area contributed by atoms with Gasteiger partial charge in [-0.25, -0.2) is 0 Å². The molecule has 1 unspecified atom stereocenters. The monoisotopic (exact) mass is 288 g/mol. The first-order valence-corrected chi connectivity index (χ1v) is 7.21. The topological polar surface area (TPSA) is 48.1 Å². The summed E-state index contributed by atoms with van der Waals surface area (Å²) in [5.41, 5.74) is 9.62. The second-order valence-electron chi connectivity index (χ2n) is 5.12. The number of aryl methyl sites for hydroxylation is 1. The van der Waals surface area contributed by atoms with Gasteiger partial charge < -0.3 is 10.5 Å². The van der Waals surface area contributed by atoms with Crippen molar-refractivity contribution in [3.63, 3.8) is 0 Å². The van der Waals surface area contributed by atoms with E-state index in [9.17, 15) is 0 Å². The van der Waals surface area contributed by atoms with Crippen molar-refractivity contribution < 1.29 is 4.74 Å². The highest BCUT2D eigenvalue weighted by Gasteiger charge is 2.17. The molecule has 0 aliphatic heterocycles. The van der Waals surface area contributed by atoms with Crippen molar-refractivity contribution in [2.24, 2.45) is 5.73 Å². The molecule has 0 bridgehead atoms. The molecule has 4 heteroatoms. The van der Waals surface area contributed by atoms with Crippen LogP contribution >= 0.6 is 11.6 Å². The van der Waals surface area contributed by atoms with Crippen LogP contribution in [-0.4, -0.2) is 4.98 Å². The Labute approximate surface area is 123 Å². The number of hydrogen-bond donors (Lipinski definition) is 1. The fourth-order valence-electron chi connectivity index (χ4n) is 2.60. The van der Waals surface area contributed by atoms with Crippen LogP contribution in [0.25, 0.3) is 0 Å². The van der Waals surface area contributed by atoms with Gasteiger partial charge in [-0.2, -0.15) is 0 Å². The summed E-state index contributed by atoms with van der Waals surface area (Å²) >= 11 is 6.07.